The molecule has 0 aromatic carbocycles. The Morgan fingerprint density at radius 2 is 2.15 bits per heavy atom. The number of aryl methyl sites for hydroxylation is 1. The number of hydrogen-bond acceptors (Lipinski definition) is 7. The molecule has 7 nitrogen and oxygen atoms in total. The van der Waals surface area contributed by atoms with Crippen LogP contribution in [0.5, 0.6) is 0 Å². The van der Waals surface area contributed by atoms with Crippen molar-refractivity contribution in [3.63, 3.8) is 0 Å². The highest BCUT2D eigenvalue weighted by Crippen LogP contribution is 2.34. The Morgan fingerprint density at radius 3 is 2.88 bits per heavy atom. The van der Waals surface area contributed by atoms with Crippen LogP contribution in [0.15, 0.2) is 28.4 Å². The third kappa shape index (κ3) is 3.01. The topological polar surface area (TPSA) is 85.0 Å². The second-order valence-corrected chi connectivity index (χ2v) is 7.46. The predicted molar refractivity (Wildman–Crippen MR) is 96.7 cm³/mol. The molecule has 0 N–H and O–H groups in total. The van der Waals surface area contributed by atoms with Gasteiger partial charge in [0.05, 0.1) is 11.8 Å². The van der Waals surface area contributed by atoms with Crippen LogP contribution in [-0.2, 0) is 0 Å². The number of nitrogens with zero attached hydrogens (tertiary/aromatic N) is 5. The molecular weight excluding hydrogens is 350 g/mol. The van der Waals surface area contributed by atoms with E-state index < -0.39 is 0 Å². The third-order valence-electron chi connectivity index (χ3n) is 4.79. The van der Waals surface area contributed by atoms with Gasteiger partial charge in [-0.25, -0.2) is 4.98 Å². The van der Waals surface area contributed by atoms with Gasteiger partial charge in [0.1, 0.15) is 11.7 Å². The molecule has 1 fully saturated rings. The van der Waals surface area contributed by atoms with Crippen molar-refractivity contribution in [2.75, 3.05) is 6.54 Å². The Hall–Kier alpha value is -2.61. The molecule has 1 amide bonds. The van der Waals surface area contributed by atoms with Crippen molar-refractivity contribution in [3.05, 3.63) is 45.9 Å². The lowest BCUT2D eigenvalue weighted by molar-refractivity contribution is 0.0572. The lowest BCUT2D eigenvalue weighted by Crippen LogP contribution is -2.38. The van der Waals surface area contributed by atoms with Gasteiger partial charge in [-0.15, -0.1) is 21.5 Å². The quantitative estimate of drug-likeness (QED) is 0.701. The first-order valence-corrected chi connectivity index (χ1v) is 9.48. The number of likely N-dealkylation sites (tertiary alicyclic amines) is 1. The monoisotopic (exact) mass is 369 g/mol. The Bertz CT molecular complexity index is 921. The first kappa shape index (κ1) is 16.8. The third-order valence-corrected chi connectivity index (χ3v) is 5.80. The molecule has 0 spiro atoms. The number of aromatic nitrogens is 4. The number of carbonyl (C=O) groups excluding carboxylic acids is 1. The van der Waals surface area contributed by atoms with E-state index in [4.69, 9.17) is 4.42 Å². The number of carbonyl (C=O) groups is 1. The minimum Gasteiger partial charge on any atom is -0.417 e. The molecule has 1 unspecified atom stereocenters. The van der Waals surface area contributed by atoms with Crippen LogP contribution in [0.1, 0.15) is 52.0 Å². The SMILES string of the molecule is Cc1scc(C(=O)N2CCCCC2c2nnc(-c3cnccn3)o2)c1C. The van der Waals surface area contributed by atoms with Crippen molar-refractivity contribution in [1.29, 1.82) is 0 Å². The molecule has 134 valence electrons. The molecule has 1 saturated heterocycles. The zero-order chi connectivity index (χ0) is 18.1. The summed E-state index contributed by atoms with van der Waals surface area (Å²) in [6, 6.07) is -0.200. The lowest BCUT2D eigenvalue weighted by atomic mass is 10.0. The van der Waals surface area contributed by atoms with Gasteiger partial charge in [-0.1, -0.05) is 0 Å². The Morgan fingerprint density at radius 1 is 1.27 bits per heavy atom. The lowest BCUT2D eigenvalue weighted by Gasteiger charge is -2.33. The van der Waals surface area contributed by atoms with E-state index in [-0.39, 0.29) is 11.9 Å². The molecule has 0 radical (unpaired) electrons. The summed E-state index contributed by atoms with van der Waals surface area (Å²) in [7, 11) is 0. The molecule has 4 rings (SSSR count). The van der Waals surface area contributed by atoms with Crippen LogP contribution in [0.4, 0.5) is 0 Å². The number of rotatable bonds is 3. The molecule has 1 aliphatic heterocycles. The maximum atomic E-state index is 13.1. The van der Waals surface area contributed by atoms with Crippen LogP contribution < -0.4 is 0 Å². The van der Waals surface area contributed by atoms with Crippen molar-refractivity contribution < 1.29 is 9.21 Å². The second kappa shape index (κ2) is 6.95. The van der Waals surface area contributed by atoms with E-state index in [0.717, 1.165) is 30.4 Å². The molecule has 3 aromatic heterocycles. The van der Waals surface area contributed by atoms with E-state index in [2.05, 4.69) is 20.2 Å². The summed E-state index contributed by atoms with van der Waals surface area (Å²) in [5.74, 6) is 0.827. The fraction of sp³-hybridized carbons (Fsp3) is 0.389. The summed E-state index contributed by atoms with van der Waals surface area (Å²) >= 11 is 1.61. The van der Waals surface area contributed by atoms with Gasteiger partial charge in [0.2, 0.25) is 5.89 Å². The average molecular weight is 369 g/mol. The summed E-state index contributed by atoms with van der Waals surface area (Å²) in [4.78, 5) is 24.4. The fourth-order valence-corrected chi connectivity index (χ4v) is 4.05. The fourth-order valence-electron chi connectivity index (χ4n) is 3.19. The standard InChI is InChI=1S/C18H19N5O2S/c1-11-12(2)26-10-13(11)18(24)23-8-4-3-5-15(23)17-22-21-16(25-17)14-9-19-6-7-20-14/h6-7,9-10,15H,3-5,8H2,1-2H3. The maximum absolute atomic E-state index is 13.1. The average Bonchev–Trinajstić information content (AvgIpc) is 3.30. The van der Waals surface area contributed by atoms with E-state index in [9.17, 15) is 4.79 Å². The van der Waals surface area contributed by atoms with E-state index in [1.807, 2.05) is 24.1 Å². The van der Waals surface area contributed by atoms with E-state index >= 15 is 0 Å². The highest BCUT2D eigenvalue weighted by Gasteiger charge is 2.33. The Balaban J connectivity index is 1.63. The number of thiophene rings is 1. The zero-order valence-corrected chi connectivity index (χ0v) is 15.5. The minimum absolute atomic E-state index is 0.0378. The Labute approximate surface area is 155 Å². The normalized spacial score (nSPS) is 17.5. The van der Waals surface area contributed by atoms with E-state index in [1.165, 1.54) is 4.88 Å². The van der Waals surface area contributed by atoms with E-state index in [0.29, 0.717) is 24.0 Å². The van der Waals surface area contributed by atoms with Crippen LogP contribution >= 0.6 is 11.3 Å². The van der Waals surface area contributed by atoms with E-state index in [1.54, 1.807) is 29.9 Å². The van der Waals surface area contributed by atoms with Gasteiger partial charge < -0.3 is 9.32 Å². The molecule has 26 heavy (non-hydrogen) atoms. The van der Waals surface area contributed by atoms with Gasteiger partial charge in [-0.2, -0.15) is 0 Å². The number of amides is 1. The first-order valence-electron chi connectivity index (χ1n) is 8.60. The van der Waals surface area contributed by atoms with Crippen molar-refractivity contribution in [3.8, 4) is 11.6 Å². The molecule has 1 atom stereocenters. The van der Waals surface area contributed by atoms with Gasteiger partial charge in [0.25, 0.3) is 11.8 Å². The molecule has 8 heteroatoms. The molecule has 3 aromatic rings. The molecular formula is C18H19N5O2S. The van der Waals surface area contributed by atoms with Crippen LogP contribution in [0, 0.1) is 13.8 Å². The van der Waals surface area contributed by atoms with Crippen LogP contribution in [0.2, 0.25) is 0 Å². The van der Waals surface area contributed by atoms with Crippen molar-refractivity contribution >= 4 is 17.2 Å². The van der Waals surface area contributed by atoms with Gasteiger partial charge in [-0.05, 0) is 38.7 Å². The minimum atomic E-state index is -0.200. The summed E-state index contributed by atoms with van der Waals surface area (Å²) < 4.78 is 5.84. The second-order valence-electron chi connectivity index (χ2n) is 6.38. The van der Waals surface area contributed by atoms with Gasteiger partial charge >= 0.3 is 0 Å². The molecule has 1 aliphatic rings. The van der Waals surface area contributed by atoms with Gasteiger partial charge in [0, 0.05) is 29.2 Å². The van der Waals surface area contributed by atoms with Gasteiger partial charge in [-0.3, -0.25) is 9.78 Å². The predicted octanol–water partition coefficient (Wildman–Crippen LogP) is 3.57. The van der Waals surface area contributed by atoms with Gasteiger partial charge in [0.15, 0.2) is 0 Å². The zero-order valence-electron chi connectivity index (χ0n) is 14.7. The highest BCUT2D eigenvalue weighted by molar-refractivity contribution is 7.10. The summed E-state index contributed by atoms with van der Waals surface area (Å²) in [6.07, 6.45) is 7.58. The molecule has 0 aliphatic carbocycles. The number of hydrogen-bond donors (Lipinski definition) is 0. The smallest absolute Gasteiger partial charge is 0.267 e. The van der Waals surface area contributed by atoms with Crippen LogP contribution in [0.25, 0.3) is 11.6 Å². The molecule has 0 saturated carbocycles. The van der Waals surface area contributed by atoms with Crippen LogP contribution in [0.3, 0.4) is 0 Å². The van der Waals surface area contributed by atoms with Crippen molar-refractivity contribution in [1.82, 2.24) is 25.1 Å². The summed E-state index contributed by atoms with van der Waals surface area (Å²) in [5, 5.41) is 10.2. The highest BCUT2D eigenvalue weighted by atomic mass is 32.1. The number of piperidine rings is 1. The van der Waals surface area contributed by atoms with Crippen molar-refractivity contribution in [2.45, 2.75) is 39.2 Å². The molecule has 0 bridgehead atoms. The first-order chi connectivity index (χ1) is 12.6. The van der Waals surface area contributed by atoms with Crippen molar-refractivity contribution in [2.24, 2.45) is 0 Å². The summed E-state index contributed by atoms with van der Waals surface area (Å²) in [5.41, 5.74) is 2.35. The maximum Gasteiger partial charge on any atom is 0.267 e. The molecule has 4 heterocycles. The largest absolute Gasteiger partial charge is 0.417 e. The van der Waals surface area contributed by atoms with Crippen LogP contribution in [-0.4, -0.2) is 37.5 Å². The summed E-state index contributed by atoms with van der Waals surface area (Å²) in [6.45, 7) is 4.73. The Kier molecular flexibility index (Phi) is 4.50.